The van der Waals surface area contributed by atoms with Gasteiger partial charge in [-0.15, -0.1) is 6.58 Å². The molecule has 0 aromatic carbocycles. The largest absolute Gasteiger partial charge is 0.475 e. The van der Waals surface area contributed by atoms with Crippen molar-refractivity contribution in [2.45, 2.75) is 238 Å². The Morgan fingerprint density at radius 1 is 0.600 bits per heavy atom. The molecule has 0 aliphatic heterocycles. The number of nitrogens with two attached hydrogens (primary N) is 1. The highest BCUT2D eigenvalue weighted by Crippen LogP contribution is 2.49. The van der Waals surface area contributed by atoms with Crippen LogP contribution in [0.2, 0.25) is 0 Å². The second kappa shape index (κ2) is 40.9. The minimum absolute atomic E-state index is 0.0140. The molecule has 3 unspecified atom stereocenters. The number of phosphoric ester groups is 1. The van der Waals surface area contributed by atoms with Crippen molar-refractivity contribution in [3.63, 3.8) is 0 Å². The number of nitrogens with one attached hydrogen (secondary N) is 1. The Hall–Kier alpha value is -1.25. The lowest BCUT2D eigenvalue weighted by atomic mass is 10.0. The number of esters is 1. The Bertz CT molecular complexity index is 922. The molecule has 0 rings (SSSR count). The monoisotopic (exact) mass is 801 g/mol. The van der Waals surface area contributed by atoms with Crippen LogP contribution in [0.25, 0.3) is 0 Å². The summed E-state index contributed by atoms with van der Waals surface area (Å²) in [5.41, 5.74) is 5.62. The number of amides is 1. The van der Waals surface area contributed by atoms with Gasteiger partial charge in [0.25, 0.3) is 0 Å². The van der Waals surface area contributed by atoms with E-state index in [0.717, 1.165) is 57.8 Å². The smallest absolute Gasteiger partial charge is 0.460 e. The van der Waals surface area contributed by atoms with Crippen molar-refractivity contribution in [1.82, 2.24) is 5.32 Å². The molecular weight excluding hydrogens is 711 g/mol. The Morgan fingerprint density at radius 2 is 1.02 bits per heavy atom. The number of carbonyl (C=O) groups is 2. The molecule has 1 amide bonds. The van der Waals surface area contributed by atoms with Crippen molar-refractivity contribution in [2.24, 2.45) is 5.73 Å². The van der Waals surface area contributed by atoms with Crippen molar-refractivity contribution < 1.29 is 32.5 Å². The van der Waals surface area contributed by atoms with E-state index in [2.05, 4.69) is 32.7 Å². The zero-order chi connectivity index (χ0) is 40.5. The molecule has 0 radical (unpaired) electrons. The normalized spacial score (nSPS) is 13.7. The van der Waals surface area contributed by atoms with Crippen LogP contribution < -0.4 is 11.1 Å². The predicted octanol–water partition coefficient (Wildman–Crippen LogP) is 13.2. The van der Waals surface area contributed by atoms with Crippen LogP contribution in [0.15, 0.2) is 12.7 Å². The number of rotatable bonds is 44. The molecule has 326 valence electrons. The van der Waals surface area contributed by atoms with Crippen LogP contribution in [-0.4, -0.2) is 50.4 Å². The molecule has 0 heterocycles. The highest BCUT2D eigenvalue weighted by Gasteiger charge is 2.33. The molecule has 0 aliphatic carbocycles. The first-order valence-corrected chi connectivity index (χ1v) is 24.6. The molecule has 0 aromatic rings. The Morgan fingerprint density at radius 3 is 1.45 bits per heavy atom. The number of unbranched alkanes of at least 4 members (excludes halogenated alkanes) is 26. The van der Waals surface area contributed by atoms with Crippen LogP contribution in [0.3, 0.4) is 0 Å². The van der Waals surface area contributed by atoms with Gasteiger partial charge >= 0.3 is 13.8 Å². The summed E-state index contributed by atoms with van der Waals surface area (Å²) in [5.74, 6) is -0.389. The summed E-state index contributed by atoms with van der Waals surface area (Å²) in [7, 11) is -4.01. The molecule has 0 aliphatic rings. The lowest BCUT2D eigenvalue weighted by Gasteiger charge is -2.29. The fourth-order valence-corrected chi connectivity index (χ4v) is 8.05. The maximum Gasteiger partial charge on any atom is 0.475 e. The maximum atomic E-state index is 13.5. The van der Waals surface area contributed by atoms with Gasteiger partial charge in [-0.2, -0.15) is 0 Å². The van der Waals surface area contributed by atoms with E-state index in [4.69, 9.17) is 24.0 Å². The lowest BCUT2D eigenvalue weighted by Crippen LogP contribution is -2.48. The van der Waals surface area contributed by atoms with Gasteiger partial charge in [-0.3, -0.25) is 23.2 Å². The van der Waals surface area contributed by atoms with Gasteiger partial charge in [0.05, 0.1) is 25.9 Å². The molecule has 3 N–H and O–H groups in total. The molecule has 0 bridgehead atoms. The first-order chi connectivity index (χ1) is 26.9. The van der Waals surface area contributed by atoms with Crippen LogP contribution in [0, 0.1) is 0 Å². The summed E-state index contributed by atoms with van der Waals surface area (Å²) in [6.45, 7) is 10.3. The molecule has 9 nitrogen and oxygen atoms in total. The van der Waals surface area contributed by atoms with E-state index in [9.17, 15) is 14.2 Å². The summed E-state index contributed by atoms with van der Waals surface area (Å²) < 4.78 is 36.3. The fraction of sp³-hybridized carbons (Fsp3) is 0.911. The van der Waals surface area contributed by atoms with Gasteiger partial charge in [-0.1, -0.05) is 194 Å². The lowest BCUT2D eigenvalue weighted by molar-refractivity contribution is -0.152. The van der Waals surface area contributed by atoms with Crippen molar-refractivity contribution in [2.75, 3.05) is 26.4 Å². The van der Waals surface area contributed by atoms with Crippen molar-refractivity contribution in [3.05, 3.63) is 12.7 Å². The Kier molecular flexibility index (Phi) is 40.0. The minimum Gasteiger partial charge on any atom is -0.460 e. The number of hydrogen-bond acceptors (Lipinski definition) is 8. The fourth-order valence-electron chi connectivity index (χ4n) is 6.87. The molecule has 0 saturated heterocycles. The number of carbonyl (C=O) groups excluding carboxylic acids is 2. The van der Waals surface area contributed by atoms with Crippen LogP contribution >= 0.6 is 7.82 Å². The number of phosphoric acid groups is 1. The highest BCUT2D eigenvalue weighted by atomic mass is 31.2. The quantitative estimate of drug-likeness (QED) is 0.0270. The third-order valence-corrected chi connectivity index (χ3v) is 11.7. The second-order valence-electron chi connectivity index (χ2n) is 15.6. The van der Waals surface area contributed by atoms with Gasteiger partial charge in [-0.05, 0) is 25.7 Å². The first kappa shape index (κ1) is 53.8. The average Bonchev–Trinajstić information content (AvgIpc) is 3.18. The summed E-state index contributed by atoms with van der Waals surface area (Å²) in [5, 5.41) is 3.11. The van der Waals surface area contributed by atoms with Gasteiger partial charge in [0.1, 0.15) is 6.10 Å². The molecule has 0 fully saturated rings. The molecule has 10 heteroatoms. The number of hydrogen-bond donors (Lipinski definition) is 2. The summed E-state index contributed by atoms with van der Waals surface area (Å²) in [6, 6.07) is -0.705. The predicted molar refractivity (Wildman–Crippen MR) is 231 cm³/mol. The van der Waals surface area contributed by atoms with Gasteiger partial charge in [0, 0.05) is 19.4 Å². The standard InChI is InChI=1S/C45H89N2O7P/c1-5-9-12-15-18-21-22-25-27-30-33-36-44(48)47-42(41-53-55(50,51-39-8-4)52-40-38-46)43(35-32-29-26-23-19-16-13-10-6-2)54-45(49)37-34-31-28-24-20-17-14-11-7-3/h8,42-43H,4-7,9-41,46H2,1-3H3,(H,47,48). The summed E-state index contributed by atoms with van der Waals surface area (Å²) >= 11 is 0. The molecule has 0 aromatic heterocycles. The highest BCUT2D eigenvalue weighted by molar-refractivity contribution is 7.48. The number of ether oxygens (including phenoxy) is 1. The molecular formula is C45H89N2O7P. The van der Waals surface area contributed by atoms with Crippen molar-refractivity contribution in [1.29, 1.82) is 0 Å². The van der Waals surface area contributed by atoms with Crippen LogP contribution in [0.1, 0.15) is 226 Å². The van der Waals surface area contributed by atoms with Gasteiger partial charge < -0.3 is 15.8 Å². The van der Waals surface area contributed by atoms with Gasteiger partial charge in [0.15, 0.2) is 0 Å². The van der Waals surface area contributed by atoms with Crippen LogP contribution in [0.4, 0.5) is 0 Å². The van der Waals surface area contributed by atoms with Gasteiger partial charge in [-0.25, -0.2) is 4.57 Å². The Balaban J connectivity index is 5.47. The molecule has 0 saturated carbocycles. The summed E-state index contributed by atoms with van der Waals surface area (Å²) in [4.78, 5) is 26.7. The third kappa shape index (κ3) is 35.6. The zero-order valence-corrected chi connectivity index (χ0v) is 37.2. The van der Waals surface area contributed by atoms with E-state index in [1.807, 2.05) is 0 Å². The van der Waals surface area contributed by atoms with Crippen molar-refractivity contribution in [3.8, 4) is 0 Å². The zero-order valence-electron chi connectivity index (χ0n) is 36.3. The topological polar surface area (TPSA) is 126 Å². The van der Waals surface area contributed by atoms with Crippen LogP contribution in [0.5, 0.6) is 0 Å². The average molecular weight is 801 g/mol. The first-order valence-electron chi connectivity index (χ1n) is 23.2. The molecule has 3 atom stereocenters. The minimum atomic E-state index is -4.01. The Labute approximate surface area is 339 Å². The van der Waals surface area contributed by atoms with E-state index in [1.165, 1.54) is 134 Å². The van der Waals surface area contributed by atoms with Gasteiger partial charge in [0.2, 0.25) is 5.91 Å². The van der Waals surface area contributed by atoms with E-state index >= 15 is 0 Å². The second-order valence-corrected chi connectivity index (χ2v) is 17.3. The maximum absolute atomic E-state index is 13.5. The van der Waals surface area contributed by atoms with Crippen molar-refractivity contribution >= 4 is 19.7 Å². The van der Waals surface area contributed by atoms with Crippen LogP contribution in [-0.2, 0) is 32.5 Å². The summed E-state index contributed by atoms with van der Waals surface area (Å²) in [6.07, 6.45) is 36.4. The van der Waals surface area contributed by atoms with E-state index in [-0.39, 0.29) is 38.2 Å². The van der Waals surface area contributed by atoms with E-state index < -0.39 is 20.0 Å². The third-order valence-electron chi connectivity index (χ3n) is 10.3. The SMILES string of the molecule is C=CCOP(=O)(OCCN)OCC(NC(=O)CCCCCCCCCCCCC)C(CCCCCCCCCCC)OC(=O)CCCCCCCCCCC. The van der Waals surface area contributed by atoms with E-state index in [0.29, 0.717) is 19.3 Å². The molecule has 0 spiro atoms. The van der Waals surface area contributed by atoms with E-state index in [1.54, 1.807) is 0 Å². The molecule has 55 heavy (non-hydrogen) atoms.